The molecule has 132 valence electrons. The number of carbonyl (C=O) groups is 3. The molecule has 1 aromatic rings. The second kappa shape index (κ2) is 10.5. The van der Waals surface area contributed by atoms with E-state index >= 15 is 0 Å². The Labute approximate surface area is 145 Å². The van der Waals surface area contributed by atoms with E-state index in [1.54, 1.807) is 38.1 Å². The summed E-state index contributed by atoms with van der Waals surface area (Å²) in [5.41, 5.74) is 0. The lowest BCUT2D eigenvalue weighted by Gasteiger charge is -2.20. The van der Waals surface area contributed by atoms with Gasteiger partial charge in [-0.2, -0.15) is 0 Å². The lowest BCUT2D eigenvalue weighted by molar-refractivity contribution is -0.154. The summed E-state index contributed by atoms with van der Waals surface area (Å²) in [6, 6.07) is 6.50. The molecule has 2 amide bonds. The zero-order valence-electron chi connectivity index (χ0n) is 13.7. The van der Waals surface area contributed by atoms with Gasteiger partial charge in [-0.3, -0.25) is 9.59 Å². The van der Waals surface area contributed by atoms with Crippen LogP contribution in [0.1, 0.15) is 13.8 Å². The molecule has 0 saturated heterocycles. The standard InChI is InChI=1S/C16H21ClN2O5/c1-3-18-14(20)9-19(4-2)15(21)10-24-16(22)11-23-13-7-5-12(17)6-8-13/h5-8H,3-4,9-11H2,1-2H3,(H,18,20). The van der Waals surface area contributed by atoms with Crippen LogP contribution in [0.5, 0.6) is 5.75 Å². The fraction of sp³-hybridized carbons (Fsp3) is 0.438. The highest BCUT2D eigenvalue weighted by Crippen LogP contribution is 2.15. The van der Waals surface area contributed by atoms with Crippen LogP contribution in [0.2, 0.25) is 5.02 Å². The lowest BCUT2D eigenvalue weighted by atomic mass is 10.3. The molecule has 0 fully saturated rings. The Morgan fingerprint density at radius 2 is 1.79 bits per heavy atom. The van der Waals surface area contributed by atoms with Gasteiger partial charge >= 0.3 is 5.97 Å². The Morgan fingerprint density at radius 1 is 1.12 bits per heavy atom. The van der Waals surface area contributed by atoms with Crippen molar-refractivity contribution in [2.75, 3.05) is 32.8 Å². The summed E-state index contributed by atoms with van der Waals surface area (Å²) in [7, 11) is 0. The van der Waals surface area contributed by atoms with Crippen molar-refractivity contribution in [2.45, 2.75) is 13.8 Å². The first kappa shape index (κ1) is 19.8. The minimum absolute atomic E-state index is 0.0675. The van der Waals surface area contributed by atoms with Crippen LogP contribution >= 0.6 is 11.6 Å². The van der Waals surface area contributed by atoms with Crippen LogP contribution in [0.25, 0.3) is 0 Å². The van der Waals surface area contributed by atoms with E-state index in [0.29, 0.717) is 23.9 Å². The summed E-state index contributed by atoms with van der Waals surface area (Å²) < 4.78 is 10.1. The number of nitrogens with one attached hydrogen (secondary N) is 1. The Hall–Kier alpha value is -2.28. The highest BCUT2D eigenvalue weighted by molar-refractivity contribution is 6.30. The quantitative estimate of drug-likeness (QED) is 0.673. The Balaban J connectivity index is 2.34. The Bertz CT molecular complexity index is 562. The van der Waals surface area contributed by atoms with Crippen molar-refractivity contribution in [3.05, 3.63) is 29.3 Å². The summed E-state index contributed by atoms with van der Waals surface area (Å²) in [5.74, 6) is -0.907. The molecule has 0 bridgehead atoms. The van der Waals surface area contributed by atoms with E-state index in [4.69, 9.17) is 21.1 Å². The lowest BCUT2D eigenvalue weighted by Crippen LogP contribution is -2.42. The molecule has 1 aromatic carbocycles. The van der Waals surface area contributed by atoms with Crippen molar-refractivity contribution < 1.29 is 23.9 Å². The molecule has 1 rings (SSSR count). The number of likely N-dealkylation sites (N-methyl/N-ethyl adjacent to an activating group) is 2. The van der Waals surface area contributed by atoms with E-state index in [1.165, 1.54) is 4.90 Å². The van der Waals surface area contributed by atoms with Gasteiger partial charge in [0.1, 0.15) is 5.75 Å². The van der Waals surface area contributed by atoms with Gasteiger partial charge in [0.25, 0.3) is 5.91 Å². The molecule has 0 aliphatic heterocycles. The van der Waals surface area contributed by atoms with Crippen LogP contribution in [0, 0.1) is 0 Å². The number of ether oxygens (including phenoxy) is 2. The largest absolute Gasteiger partial charge is 0.482 e. The SMILES string of the molecule is CCNC(=O)CN(CC)C(=O)COC(=O)COc1ccc(Cl)cc1. The summed E-state index contributed by atoms with van der Waals surface area (Å²) >= 11 is 5.74. The van der Waals surface area contributed by atoms with Gasteiger partial charge in [-0.05, 0) is 38.1 Å². The normalized spacial score (nSPS) is 9.96. The second-order valence-electron chi connectivity index (χ2n) is 4.76. The maximum absolute atomic E-state index is 11.9. The van der Waals surface area contributed by atoms with Crippen molar-refractivity contribution >= 4 is 29.4 Å². The molecule has 1 N–H and O–H groups in total. The second-order valence-corrected chi connectivity index (χ2v) is 5.20. The zero-order valence-corrected chi connectivity index (χ0v) is 14.5. The van der Waals surface area contributed by atoms with Gasteiger partial charge in [0.05, 0.1) is 6.54 Å². The number of carbonyl (C=O) groups excluding carboxylic acids is 3. The highest BCUT2D eigenvalue weighted by atomic mass is 35.5. The van der Waals surface area contributed by atoms with Gasteiger partial charge in [0.2, 0.25) is 5.91 Å². The predicted octanol–water partition coefficient (Wildman–Crippen LogP) is 1.25. The summed E-state index contributed by atoms with van der Waals surface area (Å²) in [6.07, 6.45) is 0. The summed E-state index contributed by atoms with van der Waals surface area (Å²) in [4.78, 5) is 36.3. The van der Waals surface area contributed by atoms with Gasteiger partial charge in [0.15, 0.2) is 13.2 Å². The molecule has 0 aliphatic carbocycles. The van der Waals surface area contributed by atoms with E-state index in [9.17, 15) is 14.4 Å². The smallest absolute Gasteiger partial charge is 0.344 e. The molecular weight excluding hydrogens is 336 g/mol. The number of nitrogens with zero attached hydrogens (tertiary/aromatic N) is 1. The fourth-order valence-corrected chi connectivity index (χ4v) is 1.88. The van der Waals surface area contributed by atoms with Gasteiger partial charge in [-0.25, -0.2) is 4.79 Å². The average Bonchev–Trinajstić information content (AvgIpc) is 2.57. The fourth-order valence-electron chi connectivity index (χ4n) is 1.75. The van der Waals surface area contributed by atoms with Gasteiger partial charge < -0.3 is 19.7 Å². The van der Waals surface area contributed by atoms with E-state index in [1.807, 2.05) is 0 Å². The minimum Gasteiger partial charge on any atom is -0.482 e. The molecule has 0 atom stereocenters. The monoisotopic (exact) mass is 356 g/mol. The van der Waals surface area contributed by atoms with Crippen molar-refractivity contribution in [1.82, 2.24) is 10.2 Å². The molecule has 0 saturated carbocycles. The summed E-state index contributed by atoms with van der Waals surface area (Å²) in [5, 5.41) is 3.16. The maximum Gasteiger partial charge on any atom is 0.344 e. The molecule has 0 heterocycles. The van der Waals surface area contributed by atoms with Crippen molar-refractivity contribution in [2.24, 2.45) is 0 Å². The number of hydrogen-bond donors (Lipinski definition) is 1. The summed E-state index contributed by atoms with van der Waals surface area (Å²) in [6.45, 7) is 3.53. The molecular formula is C16H21ClN2O5. The first-order valence-electron chi connectivity index (χ1n) is 7.54. The minimum atomic E-state index is -0.674. The molecule has 8 heteroatoms. The van der Waals surface area contributed by atoms with Gasteiger partial charge in [-0.15, -0.1) is 0 Å². The maximum atomic E-state index is 11.9. The molecule has 0 unspecified atom stereocenters. The van der Waals surface area contributed by atoms with E-state index < -0.39 is 18.5 Å². The van der Waals surface area contributed by atoms with Crippen LogP contribution in [0.3, 0.4) is 0 Å². The van der Waals surface area contributed by atoms with Gasteiger partial charge in [0, 0.05) is 18.1 Å². The van der Waals surface area contributed by atoms with E-state index in [0.717, 1.165) is 0 Å². The number of hydrogen-bond acceptors (Lipinski definition) is 5. The van der Waals surface area contributed by atoms with Gasteiger partial charge in [-0.1, -0.05) is 11.6 Å². The third kappa shape index (κ3) is 7.32. The topological polar surface area (TPSA) is 84.9 Å². The van der Waals surface area contributed by atoms with Crippen LogP contribution in [-0.4, -0.2) is 55.5 Å². The average molecular weight is 357 g/mol. The first-order valence-corrected chi connectivity index (χ1v) is 7.92. The van der Waals surface area contributed by atoms with Crippen LogP contribution < -0.4 is 10.1 Å². The van der Waals surface area contributed by atoms with E-state index in [-0.39, 0.29) is 19.1 Å². The zero-order chi connectivity index (χ0) is 17.9. The molecule has 7 nitrogen and oxygen atoms in total. The highest BCUT2D eigenvalue weighted by Gasteiger charge is 2.17. The molecule has 0 aliphatic rings. The Kier molecular flexibility index (Phi) is 8.64. The predicted molar refractivity (Wildman–Crippen MR) is 88.8 cm³/mol. The van der Waals surface area contributed by atoms with Crippen LogP contribution in [-0.2, 0) is 19.1 Å². The number of esters is 1. The van der Waals surface area contributed by atoms with Crippen LogP contribution in [0.15, 0.2) is 24.3 Å². The van der Waals surface area contributed by atoms with E-state index in [2.05, 4.69) is 5.32 Å². The molecule has 24 heavy (non-hydrogen) atoms. The third-order valence-corrected chi connectivity index (χ3v) is 3.22. The van der Waals surface area contributed by atoms with Crippen molar-refractivity contribution in [1.29, 1.82) is 0 Å². The molecule has 0 spiro atoms. The van der Waals surface area contributed by atoms with Crippen molar-refractivity contribution in [3.63, 3.8) is 0 Å². The first-order chi connectivity index (χ1) is 11.5. The number of rotatable bonds is 9. The van der Waals surface area contributed by atoms with Crippen LogP contribution in [0.4, 0.5) is 0 Å². The van der Waals surface area contributed by atoms with Crippen molar-refractivity contribution in [3.8, 4) is 5.75 Å². The number of amides is 2. The molecule has 0 aromatic heterocycles. The number of benzene rings is 1. The Morgan fingerprint density at radius 3 is 2.38 bits per heavy atom. The molecule has 0 radical (unpaired) electrons. The number of halogens is 1. The third-order valence-electron chi connectivity index (χ3n) is 2.97.